The van der Waals surface area contributed by atoms with Gasteiger partial charge in [-0.1, -0.05) is 48.0 Å². The molecule has 0 fully saturated rings. The lowest BCUT2D eigenvalue weighted by molar-refractivity contribution is -0.160. The Bertz CT molecular complexity index is 1140. The lowest BCUT2D eigenvalue weighted by Gasteiger charge is -2.07. The number of benzene rings is 2. The maximum atomic E-state index is 8.97. The first kappa shape index (κ1) is 21.9. The van der Waals surface area contributed by atoms with Gasteiger partial charge in [-0.15, -0.1) is 0 Å². The number of halogens is 1. The number of hydrogen-bond donors (Lipinski definition) is 2. The van der Waals surface area contributed by atoms with Crippen molar-refractivity contribution in [1.29, 1.82) is 0 Å². The highest BCUT2D eigenvalue weighted by Gasteiger charge is 2.11. The highest BCUT2D eigenvalue weighted by molar-refractivity contribution is 7.94. The van der Waals surface area contributed by atoms with E-state index in [0.29, 0.717) is 5.02 Å². The van der Waals surface area contributed by atoms with Crippen molar-refractivity contribution < 1.29 is 14.3 Å². The normalized spacial score (nSPS) is 11.3. The fourth-order valence-electron chi connectivity index (χ4n) is 3.45. The van der Waals surface area contributed by atoms with Crippen LogP contribution in [0.1, 0.15) is 18.5 Å². The summed E-state index contributed by atoms with van der Waals surface area (Å²) in [4.78, 5) is 13.7. The maximum absolute atomic E-state index is 8.97. The van der Waals surface area contributed by atoms with Crippen molar-refractivity contribution in [3.8, 4) is 22.4 Å². The van der Waals surface area contributed by atoms with E-state index in [4.69, 9.17) is 26.0 Å². The van der Waals surface area contributed by atoms with Crippen LogP contribution >= 0.6 is 23.6 Å². The summed E-state index contributed by atoms with van der Waals surface area (Å²) in [5.41, 5.74) is 6.90. The summed E-state index contributed by atoms with van der Waals surface area (Å²) in [7, 11) is 1.48. The van der Waals surface area contributed by atoms with Gasteiger partial charge in [0.2, 0.25) is 0 Å². The number of nitrogens with zero attached hydrogens (tertiary/aromatic N) is 1. The van der Waals surface area contributed by atoms with Gasteiger partial charge in [0.1, 0.15) is 0 Å². The Labute approximate surface area is 190 Å². The third-order valence-corrected chi connectivity index (χ3v) is 5.97. The first-order valence-corrected chi connectivity index (χ1v) is 11.2. The van der Waals surface area contributed by atoms with Gasteiger partial charge in [0.05, 0.1) is 40.9 Å². The van der Waals surface area contributed by atoms with Gasteiger partial charge in [-0.2, -0.15) is 4.33 Å². The number of aliphatic hydroxyl groups is 1. The summed E-state index contributed by atoms with van der Waals surface area (Å²) in [6.45, 7) is 0.218. The Morgan fingerprint density at radius 2 is 1.65 bits per heavy atom. The number of pyridine rings is 1. The minimum Gasteiger partial charge on any atom is -0.396 e. The Morgan fingerprint density at radius 1 is 0.968 bits per heavy atom. The molecule has 0 bridgehead atoms. The fourth-order valence-corrected chi connectivity index (χ4v) is 4.10. The Morgan fingerprint density at radius 3 is 2.32 bits per heavy atom. The summed E-state index contributed by atoms with van der Waals surface area (Å²) in [6.07, 6.45) is 2.61. The van der Waals surface area contributed by atoms with Crippen LogP contribution in [0.15, 0.2) is 65.6 Å². The molecule has 0 aliphatic carbocycles. The Kier molecular flexibility index (Phi) is 7.27. The number of aromatic amines is 1. The number of rotatable bonds is 9. The average Bonchev–Trinajstić information content (AvgIpc) is 3.19. The first-order chi connectivity index (χ1) is 15.2. The molecule has 0 amide bonds. The summed E-state index contributed by atoms with van der Waals surface area (Å²) >= 11 is 7.72. The largest absolute Gasteiger partial charge is 0.396 e. The SMILES string of the molecule is COOSc1ccc(-c2ccc(-c3nc4cc(CCCCO)[nH]c4cc3Cl)cc2)cc1. The molecule has 0 radical (unpaired) electrons. The minimum atomic E-state index is 0.218. The molecular formula is C24H23ClN2O3S. The molecular weight excluding hydrogens is 432 g/mol. The molecule has 0 spiro atoms. The molecule has 2 aromatic heterocycles. The van der Waals surface area contributed by atoms with Crippen LogP contribution in [0.4, 0.5) is 0 Å². The summed E-state index contributed by atoms with van der Waals surface area (Å²) in [6, 6.07) is 20.3. The summed E-state index contributed by atoms with van der Waals surface area (Å²) in [5, 5.41) is 9.58. The molecule has 5 nitrogen and oxygen atoms in total. The highest BCUT2D eigenvalue weighted by atomic mass is 35.5. The molecule has 4 rings (SSSR count). The molecule has 0 saturated carbocycles. The molecule has 0 unspecified atom stereocenters. The van der Waals surface area contributed by atoms with Crippen LogP contribution in [0.3, 0.4) is 0 Å². The first-order valence-electron chi connectivity index (χ1n) is 10.0. The van der Waals surface area contributed by atoms with E-state index in [0.717, 1.165) is 63.3 Å². The van der Waals surface area contributed by atoms with Crippen LogP contribution in [0.2, 0.25) is 5.02 Å². The molecule has 7 heteroatoms. The number of aliphatic hydroxyl groups excluding tert-OH is 1. The fraction of sp³-hybridized carbons (Fsp3) is 0.208. The monoisotopic (exact) mass is 454 g/mol. The lowest BCUT2D eigenvalue weighted by atomic mass is 10.0. The topological polar surface area (TPSA) is 67.4 Å². The van der Waals surface area contributed by atoms with E-state index in [2.05, 4.69) is 28.1 Å². The van der Waals surface area contributed by atoms with E-state index >= 15 is 0 Å². The highest BCUT2D eigenvalue weighted by Crippen LogP contribution is 2.32. The Hall–Kier alpha value is -2.35. The van der Waals surface area contributed by atoms with Crippen molar-refractivity contribution in [2.75, 3.05) is 13.7 Å². The molecule has 31 heavy (non-hydrogen) atoms. The van der Waals surface area contributed by atoms with Gasteiger partial charge in [-0.05, 0) is 54.7 Å². The molecule has 0 atom stereocenters. The van der Waals surface area contributed by atoms with Gasteiger partial charge in [-0.25, -0.2) is 9.87 Å². The van der Waals surface area contributed by atoms with Gasteiger partial charge in [0.15, 0.2) is 0 Å². The zero-order valence-corrected chi connectivity index (χ0v) is 18.7. The quantitative estimate of drug-likeness (QED) is 0.132. The smallest absolute Gasteiger partial charge is 0.0897 e. The van der Waals surface area contributed by atoms with E-state index in [-0.39, 0.29) is 6.61 Å². The Balaban J connectivity index is 1.54. The van der Waals surface area contributed by atoms with Crippen molar-refractivity contribution >= 4 is 34.7 Å². The zero-order valence-electron chi connectivity index (χ0n) is 17.1. The zero-order chi connectivity index (χ0) is 21.6. The van der Waals surface area contributed by atoms with Crippen molar-refractivity contribution in [2.45, 2.75) is 24.2 Å². The van der Waals surface area contributed by atoms with Crippen LogP contribution in [0.25, 0.3) is 33.4 Å². The van der Waals surface area contributed by atoms with E-state index in [1.165, 1.54) is 19.2 Å². The lowest BCUT2D eigenvalue weighted by Crippen LogP contribution is -1.88. The summed E-state index contributed by atoms with van der Waals surface area (Å²) < 4.78 is 4.88. The molecule has 0 saturated heterocycles. The number of hydrogen-bond acceptors (Lipinski definition) is 5. The van der Waals surface area contributed by atoms with Crippen LogP contribution in [-0.4, -0.2) is 28.8 Å². The minimum absolute atomic E-state index is 0.218. The molecule has 2 heterocycles. The number of unbranched alkanes of at least 4 members (excludes halogenated alkanes) is 1. The maximum Gasteiger partial charge on any atom is 0.0897 e. The third kappa shape index (κ3) is 5.29. The van der Waals surface area contributed by atoms with Crippen molar-refractivity contribution in [3.05, 3.63) is 71.4 Å². The number of fused-ring (bicyclic) bond motifs is 1. The van der Waals surface area contributed by atoms with Crippen LogP contribution in [0, 0.1) is 0 Å². The average molecular weight is 455 g/mol. The van der Waals surface area contributed by atoms with Crippen LogP contribution < -0.4 is 0 Å². The number of aromatic nitrogens is 2. The van der Waals surface area contributed by atoms with Gasteiger partial charge >= 0.3 is 0 Å². The van der Waals surface area contributed by atoms with Gasteiger partial charge in [0, 0.05) is 22.8 Å². The standard InChI is InChI=1S/C24H23ClN2O3S/c1-29-30-31-20-11-9-17(10-12-20)16-5-7-18(8-6-16)24-21(25)15-23-22(27-24)14-19(26-23)4-2-3-13-28/h5-12,14-15,26,28H,2-4,13H2,1H3. The van der Waals surface area contributed by atoms with E-state index < -0.39 is 0 Å². The second kappa shape index (κ2) is 10.3. The van der Waals surface area contributed by atoms with Crippen molar-refractivity contribution in [2.24, 2.45) is 0 Å². The second-order valence-electron chi connectivity index (χ2n) is 7.15. The number of H-pyrrole nitrogens is 1. The van der Waals surface area contributed by atoms with E-state index in [1.807, 2.05) is 42.5 Å². The molecule has 0 aliphatic rings. The molecule has 2 aromatic carbocycles. The molecule has 0 aliphatic heterocycles. The van der Waals surface area contributed by atoms with Crippen molar-refractivity contribution in [1.82, 2.24) is 9.97 Å². The van der Waals surface area contributed by atoms with Gasteiger partial charge < -0.3 is 10.1 Å². The summed E-state index contributed by atoms with van der Waals surface area (Å²) in [5.74, 6) is 0. The van der Waals surface area contributed by atoms with E-state index in [1.54, 1.807) is 0 Å². The molecule has 4 aromatic rings. The molecule has 160 valence electrons. The number of nitrogens with one attached hydrogen (secondary N) is 1. The van der Waals surface area contributed by atoms with Crippen molar-refractivity contribution in [3.63, 3.8) is 0 Å². The second-order valence-corrected chi connectivity index (χ2v) is 8.33. The van der Waals surface area contributed by atoms with Crippen LogP contribution in [-0.2, 0) is 15.6 Å². The van der Waals surface area contributed by atoms with Gasteiger partial charge in [-0.3, -0.25) is 0 Å². The predicted molar refractivity (Wildman–Crippen MR) is 126 cm³/mol. The predicted octanol–water partition coefficient (Wildman–Crippen LogP) is 6.45. The van der Waals surface area contributed by atoms with E-state index in [9.17, 15) is 0 Å². The van der Waals surface area contributed by atoms with Crippen LogP contribution in [0.5, 0.6) is 0 Å². The van der Waals surface area contributed by atoms with Gasteiger partial charge in [0.25, 0.3) is 0 Å². The number of aryl methyl sites for hydroxylation is 1. The molecule has 2 N–H and O–H groups in total. The third-order valence-electron chi connectivity index (χ3n) is 5.01.